The highest BCUT2D eigenvalue weighted by atomic mass is 19.4. The summed E-state index contributed by atoms with van der Waals surface area (Å²) in [6.07, 6.45) is 4.82. The van der Waals surface area contributed by atoms with Gasteiger partial charge in [0, 0.05) is 19.2 Å². The molecule has 3 aromatic rings. The van der Waals surface area contributed by atoms with Crippen LogP contribution in [0.3, 0.4) is 0 Å². The van der Waals surface area contributed by atoms with Gasteiger partial charge in [-0.05, 0) is 55.5 Å². The minimum absolute atomic E-state index is 0.147. The first kappa shape index (κ1) is 26.2. The van der Waals surface area contributed by atoms with Gasteiger partial charge in [0.25, 0.3) is 5.91 Å². The van der Waals surface area contributed by atoms with Crippen molar-refractivity contribution in [1.82, 2.24) is 14.9 Å². The summed E-state index contributed by atoms with van der Waals surface area (Å²) in [5, 5.41) is 7.40. The van der Waals surface area contributed by atoms with E-state index in [9.17, 15) is 22.8 Å². The lowest BCUT2D eigenvalue weighted by Gasteiger charge is -2.22. The number of rotatable bonds is 5. The van der Waals surface area contributed by atoms with Crippen molar-refractivity contribution in [1.29, 1.82) is 0 Å². The number of alkyl halides is 3. The van der Waals surface area contributed by atoms with E-state index >= 15 is 0 Å². The molecule has 0 aliphatic heterocycles. The van der Waals surface area contributed by atoms with E-state index in [0.717, 1.165) is 48.9 Å². The molecule has 1 amide bonds. The predicted octanol–water partition coefficient (Wildman–Crippen LogP) is 5.58. The summed E-state index contributed by atoms with van der Waals surface area (Å²) < 4.78 is 44.4. The summed E-state index contributed by atoms with van der Waals surface area (Å²) in [5.41, 5.74) is 2.11. The molecule has 1 saturated carbocycles. The van der Waals surface area contributed by atoms with Crippen molar-refractivity contribution in [3.63, 3.8) is 0 Å². The average molecular weight is 490 g/mol. The predicted molar refractivity (Wildman–Crippen MR) is 126 cm³/mol. The smallest absolute Gasteiger partial charge is 0.416 e. The van der Waals surface area contributed by atoms with Crippen molar-refractivity contribution in [2.45, 2.75) is 64.6 Å². The zero-order valence-electron chi connectivity index (χ0n) is 19.9. The molecule has 0 atom stereocenters. The van der Waals surface area contributed by atoms with E-state index in [2.05, 4.69) is 15.2 Å². The van der Waals surface area contributed by atoms with E-state index in [1.54, 1.807) is 23.8 Å². The lowest BCUT2D eigenvalue weighted by molar-refractivity contribution is -0.140. The zero-order valence-corrected chi connectivity index (χ0v) is 19.9. The van der Waals surface area contributed by atoms with E-state index in [-0.39, 0.29) is 17.9 Å². The van der Waals surface area contributed by atoms with Crippen LogP contribution in [0.4, 0.5) is 13.2 Å². The minimum Gasteiger partial charge on any atom is -0.466 e. The maximum Gasteiger partial charge on any atom is 0.416 e. The molecule has 188 valence electrons. The van der Waals surface area contributed by atoms with E-state index in [0.29, 0.717) is 24.1 Å². The van der Waals surface area contributed by atoms with Crippen LogP contribution >= 0.6 is 0 Å². The number of carbonyl (C=O) groups is 2. The highest BCUT2D eigenvalue weighted by Gasteiger charge is 2.30. The Morgan fingerprint density at radius 1 is 1.11 bits per heavy atom. The van der Waals surface area contributed by atoms with Gasteiger partial charge < -0.3 is 10.1 Å². The van der Waals surface area contributed by atoms with E-state index < -0.39 is 11.7 Å². The van der Waals surface area contributed by atoms with Crippen LogP contribution in [0.5, 0.6) is 0 Å². The third-order valence-corrected chi connectivity index (χ3v) is 5.83. The van der Waals surface area contributed by atoms with Gasteiger partial charge in [0.05, 0.1) is 29.4 Å². The third kappa shape index (κ3) is 7.31. The molecular weight excluding hydrogens is 459 g/mol. The number of esters is 1. The number of pyridine rings is 1. The molecule has 9 heteroatoms. The fourth-order valence-electron chi connectivity index (χ4n) is 4.17. The van der Waals surface area contributed by atoms with Gasteiger partial charge >= 0.3 is 12.1 Å². The first-order chi connectivity index (χ1) is 16.7. The summed E-state index contributed by atoms with van der Waals surface area (Å²) in [6.45, 7) is 3.65. The van der Waals surface area contributed by atoms with Gasteiger partial charge in [-0.25, -0.2) is 4.52 Å². The summed E-state index contributed by atoms with van der Waals surface area (Å²) in [6, 6.07) is 9.02. The van der Waals surface area contributed by atoms with Gasteiger partial charge in [0.2, 0.25) is 0 Å². The molecule has 1 fully saturated rings. The number of amides is 1. The number of nitrogens with zero attached hydrogens (tertiary/aromatic N) is 2. The first-order valence-electron chi connectivity index (χ1n) is 11.7. The van der Waals surface area contributed by atoms with Crippen molar-refractivity contribution < 1.29 is 27.5 Å². The highest BCUT2D eigenvalue weighted by molar-refractivity contribution is 6.01. The molecule has 4 rings (SSSR count). The summed E-state index contributed by atoms with van der Waals surface area (Å²) in [4.78, 5) is 22.7. The SMILES string of the molecule is CCOC(C)=O.O=C(NC1CCCCC1)c1cnn2cccc(Cc3ccc(C(F)(F)F)cc3)c12. The standard InChI is InChI=1S/C22H22F3N3O.C4H8O2/c23-22(24,25)17-10-8-15(9-11-17)13-16-5-4-12-28-20(16)19(14-26-28)21(29)27-18-6-2-1-3-7-18;1-3-6-4(2)5/h4-5,8-12,14,18H,1-3,6-7,13H2,(H,27,29);3H2,1-2H3. The molecule has 6 nitrogen and oxygen atoms in total. The molecule has 1 N–H and O–H groups in total. The number of aromatic nitrogens is 2. The second-order valence-corrected chi connectivity index (χ2v) is 8.49. The van der Waals surface area contributed by atoms with Crippen LogP contribution in [0.2, 0.25) is 0 Å². The third-order valence-electron chi connectivity index (χ3n) is 5.83. The quantitative estimate of drug-likeness (QED) is 0.475. The monoisotopic (exact) mass is 489 g/mol. The lowest BCUT2D eigenvalue weighted by atomic mass is 9.95. The van der Waals surface area contributed by atoms with Gasteiger partial charge in [0.15, 0.2) is 0 Å². The maximum atomic E-state index is 12.9. The number of fused-ring (bicyclic) bond motifs is 1. The molecule has 35 heavy (non-hydrogen) atoms. The van der Waals surface area contributed by atoms with Gasteiger partial charge in [-0.2, -0.15) is 18.3 Å². The maximum absolute atomic E-state index is 12.9. The van der Waals surface area contributed by atoms with Crippen LogP contribution in [-0.4, -0.2) is 34.1 Å². The van der Waals surface area contributed by atoms with Crippen molar-refractivity contribution in [2.24, 2.45) is 0 Å². The fraction of sp³-hybridized carbons (Fsp3) is 0.423. The fourth-order valence-corrected chi connectivity index (χ4v) is 4.17. The number of ether oxygens (including phenoxy) is 1. The van der Waals surface area contributed by atoms with Crippen LogP contribution in [0, 0.1) is 0 Å². The number of benzene rings is 1. The van der Waals surface area contributed by atoms with Crippen LogP contribution < -0.4 is 5.32 Å². The molecule has 0 saturated heterocycles. The van der Waals surface area contributed by atoms with E-state index in [1.165, 1.54) is 25.5 Å². The summed E-state index contributed by atoms with van der Waals surface area (Å²) in [5.74, 6) is -0.357. The topological polar surface area (TPSA) is 72.7 Å². The van der Waals surface area contributed by atoms with Gasteiger partial charge in [-0.3, -0.25) is 9.59 Å². The molecule has 1 aliphatic carbocycles. The minimum atomic E-state index is -4.35. The van der Waals surface area contributed by atoms with Crippen molar-refractivity contribution in [2.75, 3.05) is 6.61 Å². The molecule has 2 aromatic heterocycles. The largest absolute Gasteiger partial charge is 0.466 e. The van der Waals surface area contributed by atoms with E-state index in [1.807, 2.05) is 12.1 Å². The molecule has 2 heterocycles. The number of carbonyl (C=O) groups excluding carboxylic acids is 2. The Morgan fingerprint density at radius 2 is 1.80 bits per heavy atom. The Kier molecular flexibility index (Phi) is 8.89. The van der Waals surface area contributed by atoms with Crippen LogP contribution in [-0.2, 0) is 22.1 Å². The molecule has 0 spiro atoms. The first-order valence-corrected chi connectivity index (χ1v) is 11.7. The van der Waals surface area contributed by atoms with Gasteiger partial charge in [-0.1, -0.05) is 37.5 Å². The van der Waals surface area contributed by atoms with E-state index in [4.69, 9.17) is 0 Å². The molecule has 1 aliphatic rings. The van der Waals surface area contributed by atoms with Gasteiger partial charge in [0.1, 0.15) is 0 Å². The summed E-state index contributed by atoms with van der Waals surface area (Å²) in [7, 11) is 0. The molecule has 0 bridgehead atoms. The number of nitrogens with one attached hydrogen (secondary N) is 1. The van der Waals surface area contributed by atoms with Crippen molar-refractivity contribution >= 4 is 17.4 Å². The molecule has 1 aromatic carbocycles. The lowest BCUT2D eigenvalue weighted by Crippen LogP contribution is -2.36. The second kappa shape index (κ2) is 11.9. The highest BCUT2D eigenvalue weighted by Crippen LogP contribution is 2.30. The molecule has 0 radical (unpaired) electrons. The Balaban J connectivity index is 0.000000509. The van der Waals surface area contributed by atoms with Crippen molar-refractivity contribution in [3.8, 4) is 0 Å². The number of hydrogen-bond donors (Lipinski definition) is 1. The van der Waals surface area contributed by atoms with Gasteiger partial charge in [-0.15, -0.1) is 0 Å². The Morgan fingerprint density at radius 3 is 2.37 bits per heavy atom. The Labute approximate surface area is 202 Å². The van der Waals surface area contributed by atoms with Crippen LogP contribution in [0.15, 0.2) is 48.8 Å². The molecule has 0 unspecified atom stereocenters. The zero-order chi connectivity index (χ0) is 25.4. The Hall–Kier alpha value is -3.36. The van der Waals surface area contributed by atoms with Crippen molar-refractivity contribution in [3.05, 3.63) is 71.0 Å². The number of halogens is 3. The second-order valence-electron chi connectivity index (χ2n) is 8.49. The average Bonchev–Trinajstić information content (AvgIpc) is 3.25. The number of hydrogen-bond acceptors (Lipinski definition) is 4. The summed E-state index contributed by atoms with van der Waals surface area (Å²) >= 11 is 0. The van der Waals surface area contributed by atoms with Crippen LogP contribution in [0.1, 0.15) is 73.0 Å². The molecular formula is C26H30F3N3O3. The normalized spacial score (nSPS) is 14.2. The Bertz CT molecular complexity index is 1130. The van der Waals surface area contributed by atoms with Crippen LogP contribution in [0.25, 0.3) is 5.52 Å².